The zero-order valence-electron chi connectivity index (χ0n) is 9.73. The molecule has 2 nitrogen and oxygen atoms in total. The zero-order chi connectivity index (χ0) is 12.0. The minimum absolute atomic E-state index is 0. The highest BCUT2D eigenvalue weighted by Gasteiger charge is 2.08. The third-order valence-corrected chi connectivity index (χ3v) is 2.39. The first kappa shape index (κ1) is 12.2. The van der Waals surface area contributed by atoms with Gasteiger partial charge >= 0.3 is 0 Å². The van der Waals surface area contributed by atoms with Gasteiger partial charge in [0.25, 0.3) is 0 Å². The second kappa shape index (κ2) is 5.91. The van der Waals surface area contributed by atoms with Crippen molar-refractivity contribution in [3.8, 4) is 0 Å². The van der Waals surface area contributed by atoms with Gasteiger partial charge in [-0.15, -0.1) is 0 Å². The van der Waals surface area contributed by atoms with Gasteiger partial charge in [0.05, 0.1) is 0 Å². The fraction of sp³-hybridized carbons (Fsp3) is 0.214. The molecule has 0 aliphatic rings. The summed E-state index contributed by atoms with van der Waals surface area (Å²) in [4.78, 5) is 11.5. The predicted molar refractivity (Wildman–Crippen MR) is 69.8 cm³/mol. The maximum Gasteiger partial charge on any atom is 0.158 e. The van der Waals surface area contributed by atoms with E-state index in [0.29, 0.717) is 17.7 Å². The molecule has 0 radical (unpaired) electrons. The van der Waals surface area contributed by atoms with E-state index < -0.39 is 0 Å². The maximum absolute atomic E-state index is 11.5. The third kappa shape index (κ3) is 3.09. The summed E-state index contributed by atoms with van der Waals surface area (Å²) in [5.74, 6) is 0.0273. The van der Waals surface area contributed by atoms with E-state index in [1.807, 2.05) is 49.4 Å². The van der Waals surface area contributed by atoms with Crippen molar-refractivity contribution in [2.45, 2.75) is 20.3 Å². The Morgan fingerprint density at radius 1 is 1.38 bits per heavy atom. The van der Waals surface area contributed by atoms with Crippen LogP contribution < -0.4 is 5.73 Å². The van der Waals surface area contributed by atoms with E-state index in [9.17, 15) is 4.79 Å². The number of nitrogens with two attached hydrogens (primary N) is 1. The average Bonchev–Trinajstić information content (AvgIpc) is 2.30. The average molecular weight is 217 g/mol. The van der Waals surface area contributed by atoms with E-state index in [4.69, 9.17) is 5.73 Å². The van der Waals surface area contributed by atoms with E-state index in [2.05, 4.69) is 0 Å². The monoisotopic (exact) mass is 217 g/mol. The van der Waals surface area contributed by atoms with Crippen LogP contribution >= 0.6 is 0 Å². The van der Waals surface area contributed by atoms with Gasteiger partial charge in [0.2, 0.25) is 0 Å². The molecule has 0 bridgehead atoms. The predicted octanol–water partition coefficient (Wildman–Crippen LogP) is 3.16. The number of hydrogen-bond acceptors (Lipinski definition) is 2. The number of carbonyl (C=O) groups is 1. The molecule has 1 rings (SSSR count). The van der Waals surface area contributed by atoms with Gasteiger partial charge in [-0.05, 0) is 25.8 Å². The lowest BCUT2D eigenvalue weighted by atomic mass is 10.0. The van der Waals surface area contributed by atoms with Gasteiger partial charge in [-0.2, -0.15) is 0 Å². The molecular weight excluding hydrogens is 198 g/mol. The Labute approximate surface area is 98.0 Å². The van der Waals surface area contributed by atoms with Gasteiger partial charge in [-0.3, -0.25) is 4.79 Å². The number of carbonyl (C=O) groups excluding carboxylic acids is 1. The summed E-state index contributed by atoms with van der Waals surface area (Å²) in [7, 11) is 0. The van der Waals surface area contributed by atoms with Crippen molar-refractivity contribution >= 4 is 11.5 Å². The Morgan fingerprint density at radius 2 is 2.00 bits per heavy atom. The lowest BCUT2D eigenvalue weighted by Crippen LogP contribution is -2.07. The molecule has 2 heteroatoms. The van der Waals surface area contributed by atoms with Crippen LogP contribution in [0.1, 0.15) is 27.3 Å². The minimum atomic E-state index is 0. The smallest absolute Gasteiger partial charge is 0.158 e. The Balaban J connectivity index is 0.00000256. The second-order valence-electron chi connectivity index (χ2n) is 3.59. The van der Waals surface area contributed by atoms with Gasteiger partial charge in [0.15, 0.2) is 5.78 Å². The molecule has 0 saturated carbocycles. The van der Waals surface area contributed by atoms with Crippen molar-refractivity contribution in [1.29, 1.82) is 0 Å². The summed E-state index contributed by atoms with van der Waals surface area (Å²) in [6.07, 6.45) is 4.44. The maximum atomic E-state index is 11.5. The van der Waals surface area contributed by atoms with Gasteiger partial charge in [0.1, 0.15) is 0 Å². The highest BCUT2D eigenvalue weighted by molar-refractivity contribution is 6.00. The molecule has 2 N–H and O–H groups in total. The van der Waals surface area contributed by atoms with Crippen molar-refractivity contribution in [1.82, 2.24) is 0 Å². The van der Waals surface area contributed by atoms with Crippen molar-refractivity contribution in [3.63, 3.8) is 0 Å². The fourth-order valence-corrected chi connectivity index (χ4v) is 1.47. The summed E-state index contributed by atoms with van der Waals surface area (Å²) in [5.41, 5.74) is 8.15. The third-order valence-electron chi connectivity index (χ3n) is 2.39. The number of rotatable bonds is 4. The number of hydrogen-bond donors (Lipinski definition) is 1. The molecule has 1 aromatic carbocycles. The van der Waals surface area contributed by atoms with E-state index >= 15 is 0 Å². The molecule has 0 atom stereocenters. The summed E-state index contributed by atoms with van der Waals surface area (Å²) in [6, 6.07) is 9.57. The minimum Gasteiger partial charge on any atom is -0.398 e. The van der Waals surface area contributed by atoms with E-state index in [1.54, 1.807) is 6.92 Å². The Morgan fingerprint density at radius 3 is 2.50 bits per heavy atom. The van der Waals surface area contributed by atoms with Crippen LogP contribution in [0, 0.1) is 0 Å². The summed E-state index contributed by atoms with van der Waals surface area (Å²) < 4.78 is 0. The number of Topliss-reactive ketones (excluding diaryl/α,β-unsaturated/α-hetero) is 1. The van der Waals surface area contributed by atoms with E-state index in [1.165, 1.54) is 0 Å². The Kier molecular flexibility index (Phi) is 4.52. The molecule has 0 heterocycles. The lowest BCUT2D eigenvalue weighted by molar-refractivity contribution is -0.113. The number of ketones is 1. The first-order valence-electron chi connectivity index (χ1n) is 5.33. The molecule has 0 aromatic heterocycles. The molecule has 86 valence electrons. The lowest BCUT2D eigenvalue weighted by Gasteiger charge is -2.07. The van der Waals surface area contributed by atoms with Gasteiger partial charge < -0.3 is 5.73 Å². The Hall–Kier alpha value is -1.83. The van der Waals surface area contributed by atoms with Crippen molar-refractivity contribution in [2.75, 3.05) is 0 Å². The van der Waals surface area contributed by atoms with Crippen LogP contribution in [0.5, 0.6) is 0 Å². The van der Waals surface area contributed by atoms with Gasteiger partial charge in [0, 0.05) is 12.7 Å². The molecule has 0 spiro atoms. The van der Waals surface area contributed by atoms with E-state index in [-0.39, 0.29) is 7.21 Å². The van der Waals surface area contributed by atoms with Crippen LogP contribution in [-0.4, -0.2) is 5.78 Å². The zero-order valence-corrected chi connectivity index (χ0v) is 9.73. The first-order chi connectivity index (χ1) is 7.66. The number of allylic oxidation sites excluding steroid dienone is 3. The normalized spacial score (nSPS) is 12.6. The first-order valence-corrected chi connectivity index (χ1v) is 5.33. The van der Waals surface area contributed by atoms with Gasteiger partial charge in [-0.25, -0.2) is 0 Å². The molecule has 0 aliphatic carbocycles. The van der Waals surface area contributed by atoms with Crippen LogP contribution in [0.25, 0.3) is 5.70 Å². The van der Waals surface area contributed by atoms with Crippen LogP contribution in [0.2, 0.25) is 0 Å². The number of benzene rings is 1. The second-order valence-corrected chi connectivity index (χ2v) is 3.59. The molecule has 0 fully saturated rings. The Bertz CT molecular complexity index is 421. The topological polar surface area (TPSA) is 43.1 Å². The molecular formula is C14H19NO. The highest BCUT2D eigenvalue weighted by atomic mass is 16.1. The molecule has 0 aliphatic heterocycles. The van der Waals surface area contributed by atoms with Crippen LogP contribution in [-0.2, 0) is 4.79 Å². The van der Waals surface area contributed by atoms with Crippen LogP contribution in [0.15, 0.2) is 48.1 Å². The molecule has 1 aromatic rings. The van der Waals surface area contributed by atoms with E-state index in [0.717, 1.165) is 5.56 Å². The summed E-state index contributed by atoms with van der Waals surface area (Å²) in [5, 5.41) is 0. The highest BCUT2D eigenvalue weighted by Crippen LogP contribution is 2.17. The molecule has 0 unspecified atom stereocenters. The van der Waals surface area contributed by atoms with Crippen molar-refractivity contribution < 1.29 is 6.22 Å². The van der Waals surface area contributed by atoms with Crippen LogP contribution in [0.4, 0.5) is 0 Å². The van der Waals surface area contributed by atoms with Gasteiger partial charge in [-0.1, -0.05) is 42.5 Å². The molecule has 0 saturated heterocycles. The SMILES string of the molecule is C/C=C/C/C(C(C)=O)=C(/N)c1ccccc1.[HH]. The van der Waals surface area contributed by atoms with Crippen molar-refractivity contribution in [2.24, 2.45) is 5.73 Å². The largest absolute Gasteiger partial charge is 0.398 e. The quantitative estimate of drug-likeness (QED) is 0.622. The fourth-order valence-electron chi connectivity index (χ4n) is 1.47. The summed E-state index contributed by atoms with van der Waals surface area (Å²) >= 11 is 0. The van der Waals surface area contributed by atoms with Crippen molar-refractivity contribution in [3.05, 3.63) is 53.6 Å². The summed E-state index contributed by atoms with van der Waals surface area (Å²) in [6.45, 7) is 3.48. The molecule has 0 amide bonds. The molecule has 16 heavy (non-hydrogen) atoms. The standard InChI is InChI=1S/C14H17NO.H2/c1-3-4-10-13(11(2)16)14(15)12-8-6-5-7-9-12;/h3-9H,10,15H2,1-2H3;1H/b4-3+,14-13-;. The van der Waals surface area contributed by atoms with Crippen LogP contribution in [0.3, 0.4) is 0 Å².